The van der Waals surface area contributed by atoms with Gasteiger partial charge in [-0.25, -0.2) is 0 Å². The second-order valence-electron chi connectivity index (χ2n) is 7.67. The molecule has 152 valence electrons. The predicted molar refractivity (Wildman–Crippen MR) is 111 cm³/mol. The first kappa shape index (κ1) is 20.6. The molecule has 0 spiro atoms. The highest BCUT2D eigenvalue weighted by molar-refractivity contribution is 5.80. The van der Waals surface area contributed by atoms with Gasteiger partial charge in [-0.3, -0.25) is 14.7 Å². The van der Waals surface area contributed by atoms with Gasteiger partial charge in [0, 0.05) is 11.9 Å². The Bertz CT molecular complexity index is 785. The lowest BCUT2D eigenvalue weighted by atomic mass is 9.97. The van der Waals surface area contributed by atoms with E-state index < -0.39 is 0 Å². The lowest BCUT2D eigenvalue weighted by molar-refractivity contribution is -0.147. The monoisotopic (exact) mass is 384 g/mol. The molecule has 0 amide bonds. The van der Waals surface area contributed by atoms with Gasteiger partial charge in [0.1, 0.15) is 5.75 Å². The topological polar surface area (TPSA) is 51.7 Å². The molecule has 1 aromatic heterocycles. The molecule has 0 aliphatic carbocycles. The number of aromatic nitrogens is 1. The summed E-state index contributed by atoms with van der Waals surface area (Å²) in [5.41, 5.74) is 2.06. The number of piperidine rings is 1. The zero-order valence-corrected chi connectivity index (χ0v) is 17.3. The van der Waals surface area contributed by atoms with Gasteiger partial charge in [0.15, 0.2) is 0 Å². The zero-order chi connectivity index (χ0) is 19.9. The van der Waals surface area contributed by atoms with Crippen LogP contribution in [-0.2, 0) is 16.1 Å². The van der Waals surface area contributed by atoms with Crippen LogP contribution >= 0.6 is 0 Å². The summed E-state index contributed by atoms with van der Waals surface area (Å²) in [5.74, 6) is 0.891. The Morgan fingerprint density at radius 3 is 2.68 bits per heavy atom. The number of methoxy groups -OCH3 is 1. The molecule has 1 aliphatic rings. The summed E-state index contributed by atoms with van der Waals surface area (Å²) < 4.78 is 11.0. The summed E-state index contributed by atoms with van der Waals surface area (Å²) in [6.07, 6.45) is 5.24. The maximum Gasteiger partial charge on any atom is 0.308 e. The Morgan fingerprint density at radius 1 is 1.21 bits per heavy atom. The Kier molecular flexibility index (Phi) is 7.26. The summed E-state index contributed by atoms with van der Waals surface area (Å²) >= 11 is 0. The molecular formula is C23H32N2O3. The molecule has 3 rings (SSSR count). The summed E-state index contributed by atoms with van der Waals surface area (Å²) in [6.45, 7) is 6.99. The number of carbonyl (C=O) groups is 1. The summed E-state index contributed by atoms with van der Waals surface area (Å²) in [4.78, 5) is 18.9. The van der Waals surface area contributed by atoms with Crippen molar-refractivity contribution < 1.29 is 14.3 Å². The van der Waals surface area contributed by atoms with Gasteiger partial charge in [0.2, 0.25) is 0 Å². The zero-order valence-electron chi connectivity index (χ0n) is 17.3. The number of carbonyl (C=O) groups excluding carboxylic acids is 1. The van der Waals surface area contributed by atoms with Crippen LogP contribution in [0.5, 0.6) is 5.75 Å². The van der Waals surface area contributed by atoms with Crippen molar-refractivity contribution in [3.8, 4) is 5.75 Å². The number of nitrogens with zero attached hydrogens (tertiary/aromatic N) is 2. The Labute approximate surface area is 168 Å². The molecule has 0 radical (unpaired) electrons. The van der Waals surface area contributed by atoms with E-state index in [2.05, 4.69) is 43.0 Å². The highest BCUT2D eigenvalue weighted by Gasteiger charge is 2.25. The van der Waals surface area contributed by atoms with Crippen molar-refractivity contribution in [1.82, 2.24) is 9.88 Å². The van der Waals surface area contributed by atoms with Gasteiger partial charge in [0.25, 0.3) is 0 Å². The first-order valence-corrected chi connectivity index (χ1v) is 10.5. The van der Waals surface area contributed by atoms with Crippen LogP contribution in [0, 0.1) is 5.92 Å². The molecule has 2 aromatic rings. The molecular weight excluding hydrogens is 352 g/mol. The van der Waals surface area contributed by atoms with E-state index in [0.717, 1.165) is 74.1 Å². The van der Waals surface area contributed by atoms with Gasteiger partial charge < -0.3 is 9.47 Å². The van der Waals surface area contributed by atoms with E-state index in [4.69, 9.17) is 14.5 Å². The third-order valence-corrected chi connectivity index (χ3v) is 5.59. The number of hydrogen-bond donors (Lipinski definition) is 0. The van der Waals surface area contributed by atoms with E-state index in [1.165, 1.54) is 7.11 Å². The van der Waals surface area contributed by atoms with Crippen molar-refractivity contribution in [3.05, 3.63) is 36.0 Å². The maximum absolute atomic E-state index is 11.7. The van der Waals surface area contributed by atoms with Gasteiger partial charge in [-0.2, -0.15) is 0 Å². The van der Waals surface area contributed by atoms with Crippen molar-refractivity contribution >= 4 is 16.9 Å². The summed E-state index contributed by atoms with van der Waals surface area (Å²) in [6, 6.07) is 10.4. The Balaban J connectivity index is 1.62. The van der Waals surface area contributed by atoms with Gasteiger partial charge in [-0.1, -0.05) is 26.3 Å². The van der Waals surface area contributed by atoms with Crippen LogP contribution in [0.1, 0.15) is 51.6 Å². The molecule has 1 fully saturated rings. The van der Waals surface area contributed by atoms with Gasteiger partial charge in [0.05, 0.1) is 30.3 Å². The van der Waals surface area contributed by atoms with Crippen LogP contribution in [0.15, 0.2) is 30.3 Å². The molecule has 28 heavy (non-hydrogen) atoms. The second kappa shape index (κ2) is 9.87. The third-order valence-electron chi connectivity index (χ3n) is 5.59. The largest absolute Gasteiger partial charge is 0.490 e. The van der Waals surface area contributed by atoms with Gasteiger partial charge in [-0.15, -0.1) is 0 Å². The molecule has 5 nitrogen and oxygen atoms in total. The van der Waals surface area contributed by atoms with Crippen LogP contribution in [-0.4, -0.2) is 42.2 Å². The summed E-state index contributed by atoms with van der Waals surface area (Å²) in [5, 5.41) is 1.11. The molecule has 0 N–H and O–H groups in total. The molecule has 0 bridgehead atoms. The molecule has 1 aliphatic heterocycles. The number of rotatable bonds is 8. The standard InChI is InChI=1S/C23H32N2O3/c1-4-6-20(5-2)28-21-9-10-22-18(15-21)7-8-19(24-22)16-25-13-11-17(12-14-25)23(26)27-3/h7-10,15,17,20H,4-6,11-14,16H2,1-3H3. The van der Waals surface area contributed by atoms with Crippen molar-refractivity contribution in [1.29, 1.82) is 0 Å². The highest BCUT2D eigenvalue weighted by Crippen LogP contribution is 2.24. The fourth-order valence-corrected chi connectivity index (χ4v) is 3.89. The number of benzene rings is 1. The second-order valence-corrected chi connectivity index (χ2v) is 7.67. The minimum absolute atomic E-state index is 0.0453. The fraction of sp³-hybridized carbons (Fsp3) is 0.565. The number of fused-ring (bicyclic) bond motifs is 1. The number of esters is 1. The summed E-state index contributed by atoms with van der Waals surface area (Å²) in [7, 11) is 1.47. The lowest BCUT2D eigenvalue weighted by Crippen LogP contribution is -2.36. The Morgan fingerprint density at radius 2 is 2.00 bits per heavy atom. The van der Waals surface area contributed by atoms with Crippen molar-refractivity contribution in [2.75, 3.05) is 20.2 Å². The van der Waals surface area contributed by atoms with Crippen LogP contribution in [0.4, 0.5) is 0 Å². The minimum atomic E-state index is -0.0780. The molecule has 1 aromatic carbocycles. The minimum Gasteiger partial charge on any atom is -0.490 e. The van der Waals surface area contributed by atoms with Crippen LogP contribution in [0.25, 0.3) is 10.9 Å². The van der Waals surface area contributed by atoms with Crippen LogP contribution < -0.4 is 4.74 Å². The molecule has 5 heteroatoms. The first-order valence-electron chi connectivity index (χ1n) is 10.5. The van der Waals surface area contributed by atoms with Crippen molar-refractivity contribution in [2.45, 2.75) is 58.6 Å². The SMILES string of the molecule is CCCC(CC)Oc1ccc2nc(CN3CCC(C(=O)OC)CC3)ccc2c1. The molecule has 1 atom stereocenters. The Hall–Kier alpha value is -2.14. The highest BCUT2D eigenvalue weighted by atomic mass is 16.5. The molecule has 2 heterocycles. The number of ether oxygens (including phenoxy) is 2. The van der Waals surface area contributed by atoms with Gasteiger partial charge >= 0.3 is 5.97 Å². The van der Waals surface area contributed by atoms with E-state index in [9.17, 15) is 4.79 Å². The maximum atomic E-state index is 11.7. The smallest absolute Gasteiger partial charge is 0.308 e. The van der Waals surface area contributed by atoms with Crippen LogP contribution in [0.3, 0.4) is 0 Å². The van der Waals surface area contributed by atoms with E-state index in [0.29, 0.717) is 0 Å². The third kappa shape index (κ3) is 5.22. The van der Waals surface area contributed by atoms with E-state index in [1.54, 1.807) is 0 Å². The normalized spacial score (nSPS) is 16.8. The molecule has 1 unspecified atom stereocenters. The van der Waals surface area contributed by atoms with E-state index in [1.807, 2.05) is 6.07 Å². The van der Waals surface area contributed by atoms with Crippen molar-refractivity contribution in [3.63, 3.8) is 0 Å². The quantitative estimate of drug-likeness (QED) is 0.624. The first-order chi connectivity index (χ1) is 13.6. The number of pyridine rings is 1. The average molecular weight is 385 g/mol. The van der Waals surface area contributed by atoms with E-state index in [-0.39, 0.29) is 18.0 Å². The lowest BCUT2D eigenvalue weighted by Gasteiger charge is -2.30. The number of likely N-dealkylation sites (tertiary alicyclic amines) is 1. The van der Waals surface area contributed by atoms with E-state index >= 15 is 0 Å². The number of hydrogen-bond acceptors (Lipinski definition) is 5. The van der Waals surface area contributed by atoms with Crippen LogP contribution in [0.2, 0.25) is 0 Å². The average Bonchev–Trinajstić information content (AvgIpc) is 2.73. The molecule has 1 saturated heterocycles. The fourth-order valence-electron chi connectivity index (χ4n) is 3.89. The molecule has 0 saturated carbocycles. The predicted octanol–water partition coefficient (Wildman–Crippen LogP) is 4.58. The van der Waals surface area contributed by atoms with Crippen molar-refractivity contribution in [2.24, 2.45) is 5.92 Å². The van der Waals surface area contributed by atoms with Gasteiger partial charge in [-0.05, 0) is 63.0 Å².